The molecular weight excluding hydrogens is 420 g/mol. The fraction of sp³-hybridized carbons (Fsp3) is 0.136. The van der Waals surface area contributed by atoms with Crippen LogP contribution in [0.25, 0.3) is 0 Å². The number of sulfonamides is 1. The smallest absolute Gasteiger partial charge is 0.406 e. The molecule has 1 aliphatic heterocycles. The summed E-state index contributed by atoms with van der Waals surface area (Å²) in [6.07, 6.45) is -1.59. The van der Waals surface area contributed by atoms with Crippen LogP contribution in [-0.4, -0.2) is 25.4 Å². The van der Waals surface area contributed by atoms with Gasteiger partial charge in [-0.1, -0.05) is 54.2 Å². The Morgan fingerprint density at radius 1 is 0.933 bits per heavy atom. The van der Waals surface area contributed by atoms with Crippen LogP contribution in [0.1, 0.15) is 17.4 Å². The van der Waals surface area contributed by atoms with Crippen molar-refractivity contribution in [2.45, 2.75) is 27.3 Å². The Labute approximate surface area is 179 Å². The Bertz CT molecular complexity index is 1150. The quantitative estimate of drug-likeness (QED) is 0.643. The SMILES string of the molecule is NC(=O)O[C@@H]1c2ccccc2CCN1S(=O)(=O)c1ccc(Sc2ccccc2)cc1. The van der Waals surface area contributed by atoms with E-state index in [2.05, 4.69) is 0 Å². The molecule has 2 N–H and O–H groups in total. The topological polar surface area (TPSA) is 89.7 Å². The summed E-state index contributed by atoms with van der Waals surface area (Å²) < 4.78 is 33.1. The van der Waals surface area contributed by atoms with Crippen LogP contribution in [0.4, 0.5) is 4.79 Å². The first-order valence-corrected chi connectivity index (χ1v) is 11.6. The van der Waals surface area contributed by atoms with Gasteiger partial charge >= 0.3 is 6.09 Å². The molecule has 0 bridgehead atoms. The van der Waals surface area contributed by atoms with Crippen molar-refractivity contribution in [2.75, 3.05) is 6.54 Å². The van der Waals surface area contributed by atoms with Gasteiger partial charge in [-0.3, -0.25) is 0 Å². The van der Waals surface area contributed by atoms with Gasteiger partial charge in [0.25, 0.3) is 0 Å². The molecule has 3 aromatic rings. The molecule has 0 fully saturated rings. The molecule has 3 aromatic carbocycles. The van der Waals surface area contributed by atoms with Gasteiger partial charge in [0, 0.05) is 21.9 Å². The van der Waals surface area contributed by atoms with Crippen molar-refractivity contribution in [1.82, 2.24) is 4.31 Å². The first-order valence-electron chi connectivity index (χ1n) is 9.34. The van der Waals surface area contributed by atoms with Crippen molar-refractivity contribution in [3.8, 4) is 0 Å². The lowest BCUT2D eigenvalue weighted by molar-refractivity contribution is 0.0295. The van der Waals surface area contributed by atoms with Crippen LogP contribution < -0.4 is 5.73 Å². The second-order valence-electron chi connectivity index (χ2n) is 6.74. The summed E-state index contributed by atoms with van der Waals surface area (Å²) in [5.41, 5.74) is 6.79. The van der Waals surface area contributed by atoms with E-state index >= 15 is 0 Å². The van der Waals surface area contributed by atoms with Gasteiger partial charge in [-0.2, -0.15) is 4.31 Å². The third-order valence-electron chi connectivity index (χ3n) is 4.82. The van der Waals surface area contributed by atoms with Crippen LogP contribution in [0.5, 0.6) is 0 Å². The monoisotopic (exact) mass is 440 g/mol. The van der Waals surface area contributed by atoms with E-state index in [1.54, 1.807) is 48.2 Å². The van der Waals surface area contributed by atoms with Gasteiger partial charge in [0.05, 0.1) is 4.90 Å². The van der Waals surface area contributed by atoms with E-state index in [1.165, 1.54) is 4.31 Å². The molecule has 0 saturated heterocycles. The van der Waals surface area contributed by atoms with Gasteiger partial charge in [0.2, 0.25) is 10.0 Å². The van der Waals surface area contributed by atoms with Crippen molar-refractivity contribution in [2.24, 2.45) is 5.73 Å². The van der Waals surface area contributed by atoms with Gasteiger partial charge in [-0.15, -0.1) is 0 Å². The average molecular weight is 441 g/mol. The second kappa shape index (κ2) is 8.51. The lowest BCUT2D eigenvalue weighted by atomic mass is 10.00. The predicted octanol–water partition coefficient (Wildman–Crippen LogP) is 4.18. The van der Waals surface area contributed by atoms with Crippen LogP contribution in [0, 0.1) is 0 Å². The number of amides is 1. The molecular formula is C22H20N2O4S2. The van der Waals surface area contributed by atoms with Crippen LogP contribution in [0.15, 0.2) is 93.5 Å². The van der Waals surface area contributed by atoms with E-state index in [-0.39, 0.29) is 11.4 Å². The number of primary amides is 1. The maximum atomic E-state index is 13.3. The van der Waals surface area contributed by atoms with E-state index < -0.39 is 22.3 Å². The largest absolute Gasteiger partial charge is 0.425 e. The van der Waals surface area contributed by atoms with Crippen LogP contribution in [-0.2, 0) is 21.2 Å². The zero-order valence-electron chi connectivity index (χ0n) is 16.0. The molecule has 8 heteroatoms. The third-order valence-corrected chi connectivity index (χ3v) is 7.70. The molecule has 0 radical (unpaired) electrons. The Morgan fingerprint density at radius 3 is 2.27 bits per heavy atom. The first-order chi connectivity index (χ1) is 14.4. The summed E-state index contributed by atoms with van der Waals surface area (Å²) in [5.74, 6) is 0. The Kier molecular flexibility index (Phi) is 5.80. The van der Waals surface area contributed by atoms with Crippen molar-refractivity contribution < 1.29 is 17.9 Å². The summed E-state index contributed by atoms with van der Waals surface area (Å²) in [4.78, 5) is 13.6. The highest BCUT2D eigenvalue weighted by molar-refractivity contribution is 7.99. The van der Waals surface area contributed by atoms with Gasteiger partial charge in [-0.25, -0.2) is 13.2 Å². The zero-order valence-corrected chi connectivity index (χ0v) is 17.6. The van der Waals surface area contributed by atoms with Crippen molar-refractivity contribution >= 4 is 27.9 Å². The average Bonchev–Trinajstić information content (AvgIpc) is 2.74. The molecule has 0 saturated carbocycles. The first kappa shape index (κ1) is 20.5. The maximum absolute atomic E-state index is 13.3. The molecule has 0 spiro atoms. The second-order valence-corrected chi connectivity index (χ2v) is 9.78. The summed E-state index contributed by atoms with van der Waals surface area (Å²) in [6.45, 7) is 0.192. The number of nitrogens with zero attached hydrogens (tertiary/aromatic N) is 1. The Balaban J connectivity index is 1.62. The fourth-order valence-electron chi connectivity index (χ4n) is 3.42. The Hall–Kier alpha value is -2.81. The number of hydrogen-bond donors (Lipinski definition) is 1. The van der Waals surface area contributed by atoms with Crippen molar-refractivity contribution in [1.29, 1.82) is 0 Å². The molecule has 30 heavy (non-hydrogen) atoms. The highest BCUT2D eigenvalue weighted by Crippen LogP contribution is 2.36. The number of carbonyl (C=O) groups is 1. The lowest BCUT2D eigenvalue weighted by Gasteiger charge is -2.35. The van der Waals surface area contributed by atoms with E-state index in [9.17, 15) is 13.2 Å². The third kappa shape index (κ3) is 4.21. The van der Waals surface area contributed by atoms with Crippen molar-refractivity contribution in [3.63, 3.8) is 0 Å². The molecule has 1 atom stereocenters. The number of nitrogens with two attached hydrogens (primary N) is 1. The minimum atomic E-state index is -3.90. The van der Waals surface area contributed by atoms with E-state index in [0.717, 1.165) is 15.4 Å². The number of fused-ring (bicyclic) bond motifs is 1. The van der Waals surface area contributed by atoms with E-state index in [1.807, 2.05) is 42.5 Å². The number of rotatable bonds is 5. The normalized spacial score (nSPS) is 16.6. The van der Waals surface area contributed by atoms with Crippen molar-refractivity contribution in [3.05, 3.63) is 90.0 Å². The van der Waals surface area contributed by atoms with Gasteiger partial charge in [0.15, 0.2) is 6.23 Å². The van der Waals surface area contributed by atoms with Gasteiger partial charge < -0.3 is 10.5 Å². The summed E-state index contributed by atoms with van der Waals surface area (Å²) in [5, 5.41) is 0. The maximum Gasteiger partial charge on any atom is 0.406 e. The standard InChI is InChI=1S/C22H20N2O4S2/c23-22(25)28-21-20-9-5-4-6-16(20)14-15-24(21)30(26,27)19-12-10-18(11-13-19)29-17-7-2-1-3-8-17/h1-13,21H,14-15H2,(H2,23,25)/t21-/m1/s1. The molecule has 0 aromatic heterocycles. The number of ether oxygens (including phenoxy) is 1. The highest BCUT2D eigenvalue weighted by atomic mass is 32.2. The Morgan fingerprint density at radius 2 is 1.57 bits per heavy atom. The number of benzene rings is 3. The summed E-state index contributed by atoms with van der Waals surface area (Å²) in [6, 6.07) is 23.8. The summed E-state index contributed by atoms with van der Waals surface area (Å²) >= 11 is 1.55. The van der Waals surface area contributed by atoms with Crippen LogP contribution in [0.3, 0.4) is 0 Å². The minimum absolute atomic E-state index is 0.136. The zero-order chi connectivity index (χ0) is 21.1. The summed E-state index contributed by atoms with van der Waals surface area (Å²) in [7, 11) is -3.90. The molecule has 0 unspecified atom stereocenters. The highest BCUT2D eigenvalue weighted by Gasteiger charge is 2.38. The van der Waals surface area contributed by atoms with E-state index in [0.29, 0.717) is 12.0 Å². The molecule has 0 aliphatic carbocycles. The molecule has 1 aliphatic rings. The van der Waals surface area contributed by atoms with Crippen LogP contribution in [0.2, 0.25) is 0 Å². The number of hydrogen-bond acceptors (Lipinski definition) is 5. The fourth-order valence-corrected chi connectivity index (χ4v) is 5.75. The lowest BCUT2D eigenvalue weighted by Crippen LogP contribution is -2.42. The minimum Gasteiger partial charge on any atom is -0.425 e. The predicted molar refractivity (Wildman–Crippen MR) is 114 cm³/mol. The number of carbonyl (C=O) groups excluding carboxylic acids is 1. The van der Waals surface area contributed by atoms with Crippen LogP contribution >= 0.6 is 11.8 Å². The van der Waals surface area contributed by atoms with Gasteiger partial charge in [0.1, 0.15) is 0 Å². The molecule has 6 nitrogen and oxygen atoms in total. The van der Waals surface area contributed by atoms with E-state index in [4.69, 9.17) is 10.5 Å². The molecule has 1 amide bonds. The van der Waals surface area contributed by atoms with Gasteiger partial charge in [-0.05, 0) is 48.4 Å². The molecule has 4 rings (SSSR count). The molecule has 1 heterocycles. The molecule has 154 valence electrons.